The molecule has 0 bridgehead atoms. The first-order valence-electron chi connectivity index (χ1n) is 5.05. The molecular formula is C10H12ClN5S. The highest BCUT2D eigenvalue weighted by Gasteiger charge is 2.07. The van der Waals surface area contributed by atoms with Crippen molar-refractivity contribution in [2.24, 2.45) is 7.05 Å². The fraction of sp³-hybridized carbons (Fsp3) is 0.400. The smallest absolute Gasteiger partial charge is 0.191 e. The topological polar surface area (TPSA) is 56.5 Å². The fourth-order valence-electron chi connectivity index (χ4n) is 1.30. The van der Waals surface area contributed by atoms with E-state index in [0.29, 0.717) is 16.7 Å². The van der Waals surface area contributed by atoms with Crippen LogP contribution in [0, 0.1) is 13.8 Å². The SMILES string of the molecule is Cc1cc(Cl)nc(CSc2nnc(C)n2C)n1. The highest BCUT2D eigenvalue weighted by Crippen LogP contribution is 2.20. The van der Waals surface area contributed by atoms with E-state index in [1.54, 1.807) is 17.8 Å². The summed E-state index contributed by atoms with van der Waals surface area (Å²) in [5.41, 5.74) is 0.870. The van der Waals surface area contributed by atoms with E-state index in [1.807, 2.05) is 25.5 Å². The van der Waals surface area contributed by atoms with Crippen molar-refractivity contribution in [3.63, 3.8) is 0 Å². The van der Waals surface area contributed by atoms with Crippen LogP contribution in [0.3, 0.4) is 0 Å². The van der Waals surface area contributed by atoms with Gasteiger partial charge in [0.2, 0.25) is 0 Å². The van der Waals surface area contributed by atoms with Crippen LogP contribution in [0.5, 0.6) is 0 Å². The van der Waals surface area contributed by atoms with E-state index in [1.165, 1.54) is 0 Å². The predicted octanol–water partition coefficient (Wildman–Crippen LogP) is 2.17. The largest absolute Gasteiger partial charge is 0.309 e. The van der Waals surface area contributed by atoms with E-state index in [9.17, 15) is 0 Å². The molecule has 0 saturated heterocycles. The summed E-state index contributed by atoms with van der Waals surface area (Å²) in [6.07, 6.45) is 0. The van der Waals surface area contributed by atoms with Crippen molar-refractivity contribution >= 4 is 23.4 Å². The normalized spacial score (nSPS) is 10.8. The van der Waals surface area contributed by atoms with E-state index in [0.717, 1.165) is 16.7 Å². The Morgan fingerprint density at radius 2 is 2.06 bits per heavy atom. The van der Waals surface area contributed by atoms with Gasteiger partial charge in [0.05, 0.1) is 5.75 Å². The summed E-state index contributed by atoms with van der Waals surface area (Å²) >= 11 is 7.42. The highest BCUT2D eigenvalue weighted by atomic mass is 35.5. The third-order valence-electron chi connectivity index (χ3n) is 2.25. The zero-order valence-electron chi connectivity index (χ0n) is 9.81. The van der Waals surface area contributed by atoms with Gasteiger partial charge in [-0.3, -0.25) is 0 Å². The van der Waals surface area contributed by atoms with Crippen molar-refractivity contribution in [2.45, 2.75) is 24.8 Å². The molecule has 0 aliphatic carbocycles. The van der Waals surface area contributed by atoms with E-state index >= 15 is 0 Å². The van der Waals surface area contributed by atoms with Gasteiger partial charge < -0.3 is 4.57 Å². The van der Waals surface area contributed by atoms with Crippen molar-refractivity contribution in [1.82, 2.24) is 24.7 Å². The molecule has 0 amide bonds. The van der Waals surface area contributed by atoms with E-state index in [4.69, 9.17) is 11.6 Å². The minimum absolute atomic E-state index is 0.474. The summed E-state index contributed by atoms with van der Waals surface area (Å²) in [6, 6.07) is 1.74. The van der Waals surface area contributed by atoms with Gasteiger partial charge in [-0.15, -0.1) is 10.2 Å². The lowest BCUT2D eigenvalue weighted by Gasteiger charge is -2.02. The lowest BCUT2D eigenvalue weighted by atomic mass is 10.4. The molecule has 90 valence electrons. The average molecular weight is 270 g/mol. The third-order valence-corrected chi connectivity index (χ3v) is 3.46. The molecular weight excluding hydrogens is 258 g/mol. The molecule has 7 heteroatoms. The Labute approximate surface area is 109 Å². The first kappa shape index (κ1) is 12.3. The molecule has 2 aromatic rings. The van der Waals surface area contributed by atoms with Gasteiger partial charge in [-0.25, -0.2) is 9.97 Å². The predicted molar refractivity (Wildman–Crippen MR) is 67.1 cm³/mol. The lowest BCUT2D eigenvalue weighted by Crippen LogP contribution is -1.97. The van der Waals surface area contributed by atoms with Gasteiger partial charge >= 0.3 is 0 Å². The van der Waals surface area contributed by atoms with Crippen LogP contribution in [-0.2, 0) is 12.8 Å². The molecule has 0 aromatic carbocycles. The Morgan fingerprint density at radius 1 is 1.29 bits per heavy atom. The number of thioether (sulfide) groups is 1. The maximum Gasteiger partial charge on any atom is 0.191 e. The Kier molecular flexibility index (Phi) is 3.63. The quantitative estimate of drug-likeness (QED) is 0.631. The standard InChI is InChI=1S/C10H12ClN5S/c1-6-4-8(11)13-9(12-6)5-17-10-15-14-7(2)16(10)3/h4H,5H2,1-3H3. The van der Waals surface area contributed by atoms with Gasteiger partial charge in [0, 0.05) is 12.7 Å². The molecule has 0 N–H and O–H groups in total. The van der Waals surface area contributed by atoms with Crippen molar-refractivity contribution in [3.05, 3.63) is 28.6 Å². The van der Waals surface area contributed by atoms with Crippen LogP contribution in [0.1, 0.15) is 17.3 Å². The summed E-state index contributed by atoms with van der Waals surface area (Å²) in [5.74, 6) is 2.23. The molecule has 0 aliphatic heterocycles. The monoisotopic (exact) mass is 269 g/mol. The summed E-state index contributed by atoms with van der Waals surface area (Å²) in [5, 5.41) is 9.38. The van der Waals surface area contributed by atoms with Gasteiger partial charge in [0.1, 0.15) is 16.8 Å². The Morgan fingerprint density at radius 3 is 2.65 bits per heavy atom. The molecule has 0 saturated carbocycles. The van der Waals surface area contributed by atoms with E-state index in [-0.39, 0.29) is 0 Å². The molecule has 5 nitrogen and oxygen atoms in total. The first-order chi connectivity index (χ1) is 8.06. The molecule has 2 rings (SSSR count). The van der Waals surface area contributed by atoms with Gasteiger partial charge in [0.15, 0.2) is 5.16 Å². The van der Waals surface area contributed by atoms with Gasteiger partial charge in [-0.05, 0) is 19.9 Å². The number of hydrogen-bond acceptors (Lipinski definition) is 5. The number of halogens is 1. The number of aromatic nitrogens is 5. The van der Waals surface area contributed by atoms with E-state index in [2.05, 4.69) is 20.2 Å². The number of nitrogens with zero attached hydrogens (tertiary/aromatic N) is 5. The van der Waals surface area contributed by atoms with Crippen molar-refractivity contribution < 1.29 is 0 Å². The number of rotatable bonds is 3. The van der Waals surface area contributed by atoms with Gasteiger partial charge in [-0.2, -0.15) is 0 Å². The second kappa shape index (κ2) is 5.01. The average Bonchev–Trinajstić information content (AvgIpc) is 2.56. The summed E-state index contributed by atoms with van der Waals surface area (Å²) < 4.78 is 1.93. The minimum Gasteiger partial charge on any atom is -0.309 e. The van der Waals surface area contributed by atoms with Crippen LogP contribution >= 0.6 is 23.4 Å². The van der Waals surface area contributed by atoms with E-state index < -0.39 is 0 Å². The third kappa shape index (κ3) is 2.95. The Balaban J connectivity index is 2.09. The molecule has 0 aliphatic rings. The number of aryl methyl sites for hydroxylation is 2. The maximum atomic E-state index is 5.87. The Bertz CT molecular complexity index is 519. The van der Waals surface area contributed by atoms with Crippen LogP contribution in [0.15, 0.2) is 11.2 Å². The first-order valence-corrected chi connectivity index (χ1v) is 6.41. The van der Waals surface area contributed by atoms with Crippen LogP contribution in [-0.4, -0.2) is 24.7 Å². The fourth-order valence-corrected chi connectivity index (χ4v) is 2.36. The molecule has 0 atom stereocenters. The van der Waals surface area contributed by atoms with Crippen LogP contribution in [0.4, 0.5) is 0 Å². The van der Waals surface area contributed by atoms with Gasteiger partial charge in [0.25, 0.3) is 0 Å². The zero-order chi connectivity index (χ0) is 12.4. The molecule has 0 unspecified atom stereocenters. The lowest BCUT2D eigenvalue weighted by molar-refractivity contribution is 0.764. The summed E-state index contributed by atoms with van der Waals surface area (Å²) in [7, 11) is 1.93. The molecule has 0 spiro atoms. The van der Waals surface area contributed by atoms with Crippen molar-refractivity contribution in [2.75, 3.05) is 0 Å². The molecule has 0 radical (unpaired) electrons. The maximum absolute atomic E-state index is 5.87. The van der Waals surface area contributed by atoms with Crippen molar-refractivity contribution in [3.8, 4) is 0 Å². The number of hydrogen-bond donors (Lipinski definition) is 0. The molecule has 2 aromatic heterocycles. The van der Waals surface area contributed by atoms with Crippen LogP contribution < -0.4 is 0 Å². The van der Waals surface area contributed by atoms with Crippen LogP contribution in [0.25, 0.3) is 0 Å². The summed E-state index contributed by atoms with van der Waals surface area (Å²) in [4.78, 5) is 8.47. The van der Waals surface area contributed by atoms with Crippen molar-refractivity contribution in [1.29, 1.82) is 0 Å². The molecule has 2 heterocycles. The highest BCUT2D eigenvalue weighted by molar-refractivity contribution is 7.98. The second-order valence-corrected chi connectivity index (χ2v) is 4.96. The minimum atomic E-state index is 0.474. The van der Waals surface area contributed by atoms with Crippen LogP contribution in [0.2, 0.25) is 5.15 Å². The second-order valence-electron chi connectivity index (χ2n) is 3.63. The molecule has 0 fully saturated rings. The Hall–Kier alpha value is -1.14. The zero-order valence-corrected chi connectivity index (χ0v) is 11.4. The summed E-state index contributed by atoms with van der Waals surface area (Å²) in [6.45, 7) is 3.81. The van der Waals surface area contributed by atoms with Gasteiger partial charge in [-0.1, -0.05) is 23.4 Å². The molecule has 17 heavy (non-hydrogen) atoms.